The minimum Gasteiger partial charge on any atom is -0.353 e. The van der Waals surface area contributed by atoms with Crippen LogP contribution in [0, 0.1) is 5.82 Å². The Morgan fingerprint density at radius 1 is 1.50 bits per heavy atom. The van der Waals surface area contributed by atoms with E-state index in [1.165, 1.54) is 17.8 Å². The molecule has 3 nitrogen and oxygen atoms in total. The fourth-order valence-electron chi connectivity index (χ4n) is 1.66. The smallest absolute Gasteiger partial charge is 0.230 e. The van der Waals surface area contributed by atoms with Crippen LogP contribution in [0.4, 0.5) is 4.39 Å². The van der Waals surface area contributed by atoms with Crippen molar-refractivity contribution in [1.82, 2.24) is 10.6 Å². The lowest BCUT2D eigenvalue weighted by Gasteiger charge is -2.10. The molecule has 0 spiro atoms. The molecule has 18 heavy (non-hydrogen) atoms. The lowest BCUT2D eigenvalue weighted by Crippen LogP contribution is -2.27. The van der Waals surface area contributed by atoms with Gasteiger partial charge in [-0.3, -0.25) is 4.79 Å². The number of carbonyl (C=O) groups excluding carboxylic acids is 1. The van der Waals surface area contributed by atoms with E-state index in [4.69, 9.17) is 0 Å². The summed E-state index contributed by atoms with van der Waals surface area (Å²) in [6.07, 6.45) is 2.17. The van der Waals surface area contributed by atoms with E-state index >= 15 is 0 Å². The quantitative estimate of drug-likeness (QED) is 0.774. The first kappa shape index (κ1) is 13.4. The number of nitrogens with one attached hydrogen (secondary N) is 2. The number of halogens is 1. The van der Waals surface area contributed by atoms with Crippen molar-refractivity contribution < 1.29 is 9.18 Å². The van der Waals surface area contributed by atoms with Crippen LogP contribution < -0.4 is 10.6 Å². The molecule has 0 radical (unpaired) electrons. The summed E-state index contributed by atoms with van der Waals surface area (Å²) < 4.78 is 13.6. The van der Waals surface area contributed by atoms with E-state index in [1.54, 1.807) is 13.1 Å². The number of amides is 1. The molecule has 1 aliphatic rings. The van der Waals surface area contributed by atoms with Gasteiger partial charge in [0.2, 0.25) is 5.91 Å². The summed E-state index contributed by atoms with van der Waals surface area (Å²) in [7, 11) is 1.78. The summed E-state index contributed by atoms with van der Waals surface area (Å²) in [5.74, 6) is 0.149. The average molecular weight is 268 g/mol. The fraction of sp³-hybridized carbons (Fsp3) is 0.462. The predicted molar refractivity (Wildman–Crippen MR) is 71.1 cm³/mol. The van der Waals surface area contributed by atoms with Gasteiger partial charge in [0.1, 0.15) is 5.82 Å². The van der Waals surface area contributed by atoms with Gasteiger partial charge in [0, 0.05) is 23.0 Å². The van der Waals surface area contributed by atoms with Crippen molar-refractivity contribution in [2.24, 2.45) is 0 Å². The van der Waals surface area contributed by atoms with E-state index < -0.39 is 0 Å². The van der Waals surface area contributed by atoms with Gasteiger partial charge in [-0.2, -0.15) is 0 Å². The van der Waals surface area contributed by atoms with Crippen molar-refractivity contribution in [3.63, 3.8) is 0 Å². The van der Waals surface area contributed by atoms with E-state index in [1.807, 2.05) is 6.07 Å². The van der Waals surface area contributed by atoms with E-state index in [-0.39, 0.29) is 11.7 Å². The van der Waals surface area contributed by atoms with Crippen LogP contribution in [-0.2, 0) is 11.3 Å². The molecule has 1 aliphatic carbocycles. The number of hydrogen-bond acceptors (Lipinski definition) is 3. The SMILES string of the molecule is CNCc1c(F)cccc1SCC(=O)NC1CC1. The van der Waals surface area contributed by atoms with Crippen LogP contribution in [0.25, 0.3) is 0 Å². The molecule has 98 valence electrons. The Hall–Kier alpha value is -1.07. The first-order chi connectivity index (χ1) is 8.70. The minimum absolute atomic E-state index is 0.0298. The van der Waals surface area contributed by atoms with E-state index in [2.05, 4.69) is 10.6 Å². The molecule has 0 heterocycles. The summed E-state index contributed by atoms with van der Waals surface area (Å²) in [6, 6.07) is 5.35. The number of carbonyl (C=O) groups is 1. The van der Waals surface area contributed by atoms with Crippen LogP contribution in [0.5, 0.6) is 0 Å². The number of rotatable bonds is 6. The largest absolute Gasteiger partial charge is 0.353 e. The maximum atomic E-state index is 13.6. The molecule has 0 aliphatic heterocycles. The zero-order valence-electron chi connectivity index (χ0n) is 10.3. The number of benzene rings is 1. The predicted octanol–water partition coefficient (Wildman–Crippen LogP) is 1.92. The van der Waals surface area contributed by atoms with E-state index in [0.717, 1.165) is 17.7 Å². The summed E-state index contributed by atoms with van der Waals surface area (Å²) in [4.78, 5) is 12.4. The van der Waals surface area contributed by atoms with E-state index in [0.29, 0.717) is 23.9 Å². The molecular weight excluding hydrogens is 251 g/mol. The Morgan fingerprint density at radius 2 is 2.28 bits per heavy atom. The third-order valence-electron chi connectivity index (χ3n) is 2.73. The van der Waals surface area contributed by atoms with Crippen LogP contribution in [-0.4, -0.2) is 24.7 Å². The number of hydrogen-bond donors (Lipinski definition) is 2. The molecule has 0 unspecified atom stereocenters. The molecule has 0 atom stereocenters. The third-order valence-corrected chi connectivity index (χ3v) is 3.83. The second-order valence-electron chi connectivity index (χ2n) is 4.38. The van der Waals surface area contributed by atoms with Gasteiger partial charge >= 0.3 is 0 Å². The van der Waals surface area contributed by atoms with Crippen molar-refractivity contribution >= 4 is 17.7 Å². The van der Waals surface area contributed by atoms with Crippen molar-refractivity contribution in [2.45, 2.75) is 30.3 Å². The lowest BCUT2D eigenvalue weighted by molar-refractivity contribution is -0.118. The Morgan fingerprint density at radius 3 is 2.94 bits per heavy atom. The molecule has 1 fully saturated rings. The summed E-state index contributed by atoms with van der Waals surface area (Å²) in [5.41, 5.74) is 0.629. The maximum Gasteiger partial charge on any atom is 0.230 e. The minimum atomic E-state index is -0.225. The summed E-state index contributed by atoms with van der Waals surface area (Å²) in [5, 5.41) is 5.86. The topological polar surface area (TPSA) is 41.1 Å². The standard InChI is InChI=1S/C13H17FN2OS/c1-15-7-10-11(14)3-2-4-12(10)18-8-13(17)16-9-5-6-9/h2-4,9,15H,5-8H2,1H3,(H,16,17). The average Bonchev–Trinajstić information content (AvgIpc) is 3.14. The molecule has 0 bridgehead atoms. The Kier molecular flexibility index (Phi) is 4.60. The van der Waals surface area contributed by atoms with Gasteiger partial charge in [-0.1, -0.05) is 6.07 Å². The lowest BCUT2D eigenvalue weighted by atomic mass is 10.2. The van der Waals surface area contributed by atoms with Crippen molar-refractivity contribution in [2.75, 3.05) is 12.8 Å². The molecule has 0 aromatic heterocycles. The van der Waals surface area contributed by atoms with Crippen LogP contribution in [0.3, 0.4) is 0 Å². The Bertz CT molecular complexity index is 435. The molecule has 1 amide bonds. The highest BCUT2D eigenvalue weighted by Gasteiger charge is 2.23. The van der Waals surface area contributed by atoms with Crippen molar-refractivity contribution in [3.05, 3.63) is 29.6 Å². The highest BCUT2D eigenvalue weighted by molar-refractivity contribution is 8.00. The fourth-order valence-corrected chi connectivity index (χ4v) is 2.55. The second kappa shape index (κ2) is 6.20. The van der Waals surface area contributed by atoms with Crippen LogP contribution in [0.1, 0.15) is 18.4 Å². The van der Waals surface area contributed by atoms with E-state index in [9.17, 15) is 9.18 Å². The monoisotopic (exact) mass is 268 g/mol. The highest BCUT2D eigenvalue weighted by Crippen LogP contribution is 2.25. The molecule has 5 heteroatoms. The van der Waals surface area contributed by atoms with Crippen LogP contribution >= 0.6 is 11.8 Å². The van der Waals surface area contributed by atoms with Gasteiger partial charge in [-0.15, -0.1) is 11.8 Å². The molecule has 1 aromatic rings. The molecule has 2 rings (SSSR count). The van der Waals surface area contributed by atoms with Gasteiger partial charge in [0.15, 0.2) is 0 Å². The van der Waals surface area contributed by atoms with Crippen molar-refractivity contribution in [1.29, 1.82) is 0 Å². The zero-order chi connectivity index (χ0) is 13.0. The summed E-state index contributed by atoms with van der Waals surface area (Å²) in [6.45, 7) is 0.471. The van der Waals surface area contributed by atoms with Gasteiger partial charge in [-0.05, 0) is 32.0 Å². The van der Waals surface area contributed by atoms with Gasteiger partial charge in [-0.25, -0.2) is 4.39 Å². The van der Waals surface area contributed by atoms with Gasteiger partial charge in [0.25, 0.3) is 0 Å². The normalized spacial score (nSPS) is 14.6. The first-order valence-electron chi connectivity index (χ1n) is 6.05. The van der Waals surface area contributed by atoms with Gasteiger partial charge < -0.3 is 10.6 Å². The molecule has 2 N–H and O–H groups in total. The van der Waals surface area contributed by atoms with Crippen molar-refractivity contribution in [3.8, 4) is 0 Å². The maximum absolute atomic E-state index is 13.6. The summed E-state index contributed by atoms with van der Waals surface area (Å²) >= 11 is 1.39. The molecule has 0 saturated heterocycles. The number of thioether (sulfide) groups is 1. The Balaban J connectivity index is 1.94. The van der Waals surface area contributed by atoms with Crippen LogP contribution in [0.15, 0.2) is 23.1 Å². The van der Waals surface area contributed by atoms with Gasteiger partial charge in [0.05, 0.1) is 5.75 Å². The first-order valence-corrected chi connectivity index (χ1v) is 7.03. The zero-order valence-corrected chi connectivity index (χ0v) is 11.1. The second-order valence-corrected chi connectivity index (χ2v) is 5.39. The molecular formula is C13H17FN2OS. The third kappa shape index (κ3) is 3.71. The molecule has 1 aromatic carbocycles. The van der Waals surface area contributed by atoms with Crippen LogP contribution in [0.2, 0.25) is 0 Å². The Labute approximate surface area is 111 Å². The highest BCUT2D eigenvalue weighted by atomic mass is 32.2. The molecule has 1 saturated carbocycles.